The first-order valence-electron chi connectivity index (χ1n) is 7.52. The van der Waals surface area contributed by atoms with Gasteiger partial charge in [-0.1, -0.05) is 6.42 Å². The van der Waals surface area contributed by atoms with Crippen molar-refractivity contribution in [2.45, 2.75) is 51.0 Å². The van der Waals surface area contributed by atoms with Crippen molar-refractivity contribution in [2.75, 3.05) is 20.6 Å². The Kier molecular flexibility index (Phi) is 2.99. The SMILES string of the molecule is CN(C)C[C@H]1CCC[C@@]2(C1)C1CCC(C1)[C@H]2N. The van der Waals surface area contributed by atoms with Crippen molar-refractivity contribution in [2.24, 2.45) is 28.9 Å². The summed E-state index contributed by atoms with van der Waals surface area (Å²) in [7, 11) is 4.42. The van der Waals surface area contributed by atoms with E-state index in [9.17, 15) is 0 Å². The molecule has 0 heterocycles. The minimum atomic E-state index is 0.534. The van der Waals surface area contributed by atoms with Crippen LogP contribution in [0.4, 0.5) is 0 Å². The molecule has 1 spiro atoms. The topological polar surface area (TPSA) is 29.3 Å². The number of hydrogen-bond donors (Lipinski definition) is 1. The van der Waals surface area contributed by atoms with Gasteiger partial charge in [0.15, 0.2) is 0 Å². The summed E-state index contributed by atoms with van der Waals surface area (Å²) >= 11 is 0. The van der Waals surface area contributed by atoms with Crippen molar-refractivity contribution in [3.63, 3.8) is 0 Å². The maximum atomic E-state index is 6.61. The smallest absolute Gasteiger partial charge is 0.0127 e. The molecule has 3 aliphatic carbocycles. The Bertz CT molecular complexity index is 285. The molecular formula is C15H28N2. The molecule has 2 bridgehead atoms. The highest BCUT2D eigenvalue weighted by molar-refractivity contribution is 5.10. The summed E-state index contributed by atoms with van der Waals surface area (Å²) < 4.78 is 0. The highest BCUT2D eigenvalue weighted by Crippen LogP contribution is 2.61. The average Bonchev–Trinajstić information content (AvgIpc) is 2.83. The van der Waals surface area contributed by atoms with Gasteiger partial charge in [-0.05, 0) is 75.8 Å². The first-order valence-corrected chi connectivity index (χ1v) is 7.52. The van der Waals surface area contributed by atoms with Crippen molar-refractivity contribution >= 4 is 0 Å². The first kappa shape index (κ1) is 12.0. The predicted molar refractivity (Wildman–Crippen MR) is 71.8 cm³/mol. The fourth-order valence-corrected chi connectivity index (χ4v) is 5.41. The standard InChI is InChI=1S/C15H28N2/c1-17(2)10-11-4-3-7-15(9-11)13-6-5-12(8-13)14(15)16/h11-14H,3-10,16H2,1-2H3/t11-,12?,13?,14+,15+/m0/s1. The molecule has 0 aliphatic heterocycles. The Labute approximate surface area is 106 Å². The molecule has 3 rings (SSSR count). The highest BCUT2D eigenvalue weighted by Gasteiger charge is 2.57. The number of rotatable bonds is 2. The summed E-state index contributed by atoms with van der Waals surface area (Å²) in [6.07, 6.45) is 10.1. The van der Waals surface area contributed by atoms with E-state index in [2.05, 4.69) is 19.0 Å². The fraction of sp³-hybridized carbons (Fsp3) is 1.00. The predicted octanol–water partition coefficient (Wildman–Crippen LogP) is 2.48. The number of nitrogens with two attached hydrogens (primary N) is 1. The van der Waals surface area contributed by atoms with Gasteiger partial charge < -0.3 is 10.6 Å². The zero-order valence-electron chi connectivity index (χ0n) is 11.5. The van der Waals surface area contributed by atoms with Crippen LogP contribution < -0.4 is 5.73 Å². The molecule has 3 aliphatic rings. The van der Waals surface area contributed by atoms with Gasteiger partial charge in [-0.2, -0.15) is 0 Å². The van der Waals surface area contributed by atoms with Crippen LogP contribution in [0.3, 0.4) is 0 Å². The monoisotopic (exact) mass is 236 g/mol. The van der Waals surface area contributed by atoms with E-state index in [4.69, 9.17) is 5.73 Å². The Hall–Kier alpha value is -0.0800. The minimum absolute atomic E-state index is 0.534. The molecule has 3 saturated carbocycles. The molecule has 2 heteroatoms. The molecule has 0 amide bonds. The summed E-state index contributed by atoms with van der Waals surface area (Å²) in [5, 5.41) is 0. The molecule has 0 aromatic carbocycles. The Morgan fingerprint density at radius 3 is 2.71 bits per heavy atom. The summed E-state index contributed by atoms with van der Waals surface area (Å²) in [6, 6.07) is 0.534. The van der Waals surface area contributed by atoms with Crippen LogP contribution in [0.15, 0.2) is 0 Å². The van der Waals surface area contributed by atoms with Crippen molar-refractivity contribution in [3.8, 4) is 0 Å². The van der Waals surface area contributed by atoms with Gasteiger partial charge in [-0.15, -0.1) is 0 Å². The van der Waals surface area contributed by atoms with Crippen LogP contribution >= 0.6 is 0 Å². The average molecular weight is 236 g/mol. The molecule has 3 fully saturated rings. The van der Waals surface area contributed by atoms with Gasteiger partial charge in [-0.25, -0.2) is 0 Å². The second kappa shape index (κ2) is 4.24. The van der Waals surface area contributed by atoms with Gasteiger partial charge >= 0.3 is 0 Å². The fourth-order valence-electron chi connectivity index (χ4n) is 5.41. The molecule has 0 aromatic rings. The van der Waals surface area contributed by atoms with E-state index in [1.807, 2.05) is 0 Å². The first-order chi connectivity index (χ1) is 8.12. The van der Waals surface area contributed by atoms with Crippen LogP contribution in [0.5, 0.6) is 0 Å². The van der Waals surface area contributed by atoms with E-state index in [1.54, 1.807) is 0 Å². The quantitative estimate of drug-likeness (QED) is 0.798. The maximum absolute atomic E-state index is 6.61. The summed E-state index contributed by atoms with van der Waals surface area (Å²) in [5.74, 6) is 2.76. The van der Waals surface area contributed by atoms with Crippen LogP contribution in [-0.2, 0) is 0 Å². The van der Waals surface area contributed by atoms with Gasteiger partial charge in [0.2, 0.25) is 0 Å². The zero-order valence-corrected chi connectivity index (χ0v) is 11.5. The lowest BCUT2D eigenvalue weighted by Gasteiger charge is -2.48. The lowest BCUT2D eigenvalue weighted by atomic mass is 9.59. The largest absolute Gasteiger partial charge is 0.327 e. The third-order valence-corrected chi connectivity index (χ3v) is 6.00. The molecule has 5 atom stereocenters. The molecule has 2 unspecified atom stereocenters. The van der Waals surface area contributed by atoms with Crippen molar-refractivity contribution in [3.05, 3.63) is 0 Å². The molecule has 0 radical (unpaired) electrons. The van der Waals surface area contributed by atoms with Crippen LogP contribution in [0, 0.1) is 23.2 Å². The van der Waals surface area contributed by atoms with E-state index in [1.165, 1.54) is 51.5 Å². The van der Waals surface area contributed by atoms with E-state index >= 15 is 0 Å². The maximum Gasteiger partial charge on any atom is 0.0127 e. The molecular weight excluding hydrogens is 208 g/mol. The molecule has 0 aromatic heterocycles. The molecule has 2 nitrogen and oxygen atoms in total. The highest BCUT2D eigenvalue weighted by atomic mass is 15.1. The van der Waals surface area contributed by atoms with Crippen LogP contribution in [-0.4, -0.2) is 31.6 Å². The van der Waals surface area contributed by atoms with Gasteiger partial charge in [0.25, 0.3) is 0 Å². The lowest BCUT2D eigenvalue weighted by Crippen LogP contribution is -2.49. The second-order valence-electron chi connectivity index (χ2n) is 7.25. The second-order valence-corrected chi connectivity index (χ2v) is 7.25. The zero-order chi connectivity index (χ0) is 12.0. The normalized spacial score (nSPS) is 49.4. The van der Waals surface area contributed by atoms with Gasteiger partial charge in [0, 0.05) is 12.6 Å². The van der Waals surface area contributed by atoms with E-state index in [0.29, 0.717) is 11.5 Å². The van der Waals surface area contributed by atoms with E-state index in [-0.39, 0.29) is 0 Å². The van der Waals surface area contributed by atoms with Crippen LogP contribution in [0.1, 0.15) is 44.9 Å². The Balaban J connectivity index is 1.74. The van der Waals surface area contributed by atoms with Crippen molar-refractivity contribution in [1.82, 2.24) is 4.90 Å². The van der Waals surface area contributed by atoms with Gasteiger partial charge in [-0.3, -0.25) is 0 Å². The summed E-state index contributed by atoms with van der Waals surface area (Å²) in [5.41, 5.74) is 7.17. The van der Waals surface area contributed by atoms with Crippen LogP contribution in [0.25, 0.3) is 0 Å². The molecule has 98 valence electrons. The third-order valence-electron chi connectivity index (χ3n) is 6.00. The summed E-state index contributed by atoms with van der Waals surface area (Å²) in [4.78, 5) is 2.36. The van der Waals surface area contributed by atoms with Crippen LogP contribution in [0.2, 0.25) is 0 Å². The van der Waals surface area contributed by atoms with Crippen molar-refractivity contribution < 1.29 is 0 Å². The number of fused-ring (bicyclic) bond motifs is 3. The third kappa shape index (κ3) is 1.84. The molecule has 0 saturated heterocycles. The van der Waals surface area contributed by atoms with Crippen molar-refractivity contribution in [1.29, 1.82) is 0 Å². The summed E-state index contributed by atoms with van der Waals surface area (Å²) in [6.45, 7) is 1.27. The van der Waals surface area contributed by atoms with Gasteiger partial charge in [0.1, 0.15) is 0 Å². The van der Waals surface area contributed by atoms with E-state index < -0.39 is 0 Å². The van der Waals surface area contributed by atoms with E-state index in [0.717, 1.165) is 17.8 Å². The van der Waals surface area contributed by atoms with Gasteiger partial charge in [0.05, 0.1) is 0 Å². The number of nitrogens with zero attached hydrogens (tertiary/aromatic N) is 1. The number of hydrogen-bond acceptors (Lipinski definition) is 2. The minimum Gasteiger partial charge on any atom is -0.327 e. The molecule has 17 heavy (non-hydrogen) atoms. The Morgan fingerprint density at radius 2 is 2.06 bits per heavy atom. The lowest BCUT2D eigenvalue weighted by molar-refractivity contribution is 0.0407. The Morgan fingerprint density at radius 1 is 1.24 bits per heavy atom. The molecule has 2 N–H and O–H groups in total.